The van der Waals surface area contributed by atoms with Gasteiger partial charge in [-0.15, -0.1) is 0 Å². The summed E-state index contributed by atoms with van der Waals surface area (Å²) < 4.78 is 5.60. The van der Waals surface area contributed by atoms with Crippen LogP contribution < -0.4 is 4.74 Å². The fourth-order valence-corrected chi connectivity index (χ4v) is 4.37. The van der Waals surface area contributed by atoms with Gasteiger partial charge in [0.25, 0.3) is 5.91 Å². The fourth-order valence-electron chi connectivity index (χ4n) is 4.37. The van der Waals surface area contributed by atoms with Crippen LogP contribution in [0.25, 0.3) is 0 Å². The Morgan fingerprint density at radius 1 is 1.17 bits per heavy atom. The number of likely N-dealkylation sites (tertiary alicyclic amines) is 2. The van der Waals surface area contributed by atoms with E-state index >= 15 is 0 Å². The summed E-state index contributed by atoms with van der Waals surface area (Å²) in [5.74, 6) is 0.990. The molecule has 0 bridgehead atoms. The molecule has 1 aromatic carbocycles. The molecule has 0 radical (unpaired) electrons. The zero-order valence-electron chi connectivity index (χ0n) is 16.7. The van der Waals surface area contributed by atoms with Gasteiger partial charge in [0.2, 0.25) is 5.91 Å². The van der Waals surface area contributed by atoms with Crippen molar-refractivity contribution in [3.05, 3.63) is 48.5 Å². The smallest absolute Gasteiger partial charge is 0.260 e. The molecule has 7 nitrogen and oxygen atoms in total. The molecule has 1 aromatic heterocycles. The summed E-state index contributed by atoms with van der Waals surface area (Å²) in [5.41, 5.74) is 1.19. The van der Waals surface area contributed by atoms with Gasteiger partial charge < -0.3 is 19.5 Å². The zero-order valence-corrected chi connectivity index (χ0v) is 16.7. The number of H-pyrrole nitrogens is 1. The maximum Gasteiger partial charge on any atom is 0.260 e. The van der Waals surface area contributed by atoms with E-state index in [1.807, 2.05) is 46.3 Å². The molecular formula is C22H28N4O3. The molecule has 3 heterocycles. The van der Waals surface area contributed by atoms with Gasteiger partial charge in [-0.3, -0.25) is 9.59 Å². The van der Waals surface area contributed by atoms with Crippen molar-refractivity contribution in [3.63, 3.8) is 0 Å². The number of nitrogens with zero attached hydrogens (tertiary/aromatic N) is 3. The number of piperidine rings is 2. The van der Waals surface area contributed by atoms with Gasteiger partial charge in [0, 0.05) is 50.9 Å². The first-order valence-corrected chi connectivity index (χ1v) is 10.3. The average molecular weight is 396 g/mol. The first-order chi connectivity index (χ1) is 14.1. The number of amides is 2. The molecule has 2 saturated heterocycles. The average Bonchev–Trinajstić information content (AvgIpc) is 3.28. The number of carbonyl (C=O) groups is 2. The van der Waals surface area contributed by atoms with E-state index in [-0.39, 0.29) is 23.8 Å². The van der Waals surface area contributed by atoms with Crippen LogP contribution >= 0.6 is 0 Å². The number of aromatic nitrogens is 2. The number of hydrogen-bond donors (Lipinski definition) is 1. The van der Waals surface area contributed by atoms with Crippen molar-refractivity contribution in [1.82, 2.24) is 19.8 Å². The number of benzene rings is 1. The second kappa shape index (κ2) is 8.68. The normalized spacial score (nSPS) is 18.8. The lowest BCUT2D eigenvalue weighted by molar-refractivity contribution is -0.143. The third-order valence-electron chi connectivity index (χ3n) is 6.24. The molecule has 154 valence electrons. The SMILES string of the molecule is O=C(COc1ccccc1)N1CCC2(CCC(=O)N(CCc3cnc[nH]3)C2)CC1. The van der Waals surface area contributed by atoms with E-state index in [1.165, 1.54) is 0 Å². The third-order valence-corrected chi connectivity index (χ3v) is 6.24. The van der Waals surface area contributed by atoms with E-state index in [0.29, 0.717) is 12.2 Å². The predicted molar refractivity (Wildman–Crippen MR) is 108 cm³/mol. The van der Waals surface area contributed by atoms with E-state index in [9.17, 15) is 9.59 Å². The number of nitrogens with one attached hydrogen (secondary N) is 1. The Bertz CT molecular complexity index is 814. The van der Waals surface area contributed by atoms with E-state index in [4.69, 9.17) is 4.74 Å². The number of para-hydroxylation sites is 1. The lowest BCUT2D eigenvalue weighted by Gasteiger charge is -2.47. The number of rotatable bonds is 6. The van der Waals surface area contributed by atoms with E-state index in [0.717, 1.165) is 57.6 Å². The standard InChI is InChI=1S/C22H28N4O3/c27-20-6-8-22(16-26(20)11-7-18-14-23-17-24-18)9-12-25(13-10-22)21(28)15-29-19-4-2-1-3-5-19/h1-5,14,17H,6-13,15-16H2,(H,23,24). The first kappa shape index (κ1) is 19.5. The number of carbonyl (C=O) groups excluding carboxylic acids is 2. The van der Waals surface area contributed by atoms with Crippen LogP contribution in [-0.4, -0.2) is 64.4 Å². The molecule has 0 aliphatic carbocycles. The largest absolute Gasteiger partial charge is 0.484 e. The maximum atomic E-state index is 12.5. The quantitative estimate of drug-likeness (QED) is 0.812. The molecular weight excluding hydrogens is 368 g/mol. The van der Waals surface area contributed by atoms with Crippen LogP contribution in [-0.2, 0) is 16.0 Å². The monoisotopic (exact) mass is 396 g/mol. The number of aromatic amines is 1. The summed E-state index contributed by atoms with van der Waals surface area (Å²) in [4.78, 5) is 36.0. The second-order valence-corrected chi connectivity index (χ2v) is 8.12. The molecule has 7 heteroatoms. The molecule has 2 aliphatic rings. The van der Waals surface area contributed by atoms with Gasteiger partial charge in [0.15, 0.2) is 6.61 Å². The Hall–Kier alpha value is -2.83. The maximum absolute atomic E-state index is 12.5. The molecule has 29 heavy (non-hydrogen) atoms. The lowest BCUT2D eigenvalue weighted by Crippen LogP contribution is -2.53. The van der Waals surface area contributed by atoms with Crippen LogP contribution in [0.4, 0.5) is 0 Å². The summed E-state index contributed by atoms with van der Waals surface area (Å²) in [7, 11) is 0. The Labute approximate surface area is 171 Å². The highest BCUT2D eigenvalue weighted by atomic mass is 16.5. The van der Waals surface area contributed by atoms with Crippen molar-refractivity contribution in [2.24, 2.45) is 5.41 Å². The molecule has 2 aliphatic heterocycles. The van der Waals surface area contributed by atoms with Crippen molar-refractivity contribution in [1.29, 1.82) is 0 Å². The molecule has 0 atom stereocenters. The highest BCUT2D eigenvalue weighted by molar-refractivity contribution is 5.78. The predicted octanol–water partition coefficient (Wildman–Crippen LogP) is 2.26. The topological polar surface area (TPSA) is 78.5 Å². The Balaban J connectivity index is 1.27. The summed E-state index contributed by atoms with van der Waals surface area (Å²) >= 11 is 0. The lowest BCUT2D eigenvalue weighted by atomic mass is 9.72. The Morgan fingerprint density at radius 3 is 2.69 bits per heavy atom. The Morgan fingerprint density at radius 2 is 1.97 bits per heavy atom. The molecule has 1 spiro atoms. The van der Waals surface area contributed by atoms with Crippen LogP contribution in [0.1, 0.15) is 31.4 Å². The van der Waals surface area contributed by atoms with Crippen LogP contribution in [0.2, 0.25) is 0 Å². The summed E-state index contributed by atoms with van der Waals surface area (Å²) in [6, 6.07) is 9.43. The van der Waals surface area contributed by atoms with Crippen LogP contribution in [0, 0.1) is 5.41 Å². The van der Waals surface area contributed by atoms with Gasteiger partial charge >= 0.3 is 0 Å². The molecule has 1 N–H and O–H groups in total. The molecule has 0 unspecified atom stereocenters. The Kier molecular flexibility index (Phi) is 5.83. The van der Waals surface area contributed by atoms with Gasteiger partial charge in [-0.1, -0.05) is 18.2 Å². The minimum atomic E-state index is 0.0340. The minimum absolute atomic E-state index is 0.0340. The molecule has 4 rings (SSSR count). The van der Waals surface area contributed by atoms with Crippen molar-refractivity contribution >= 4 is 11.8 Å². The van der Waals surface area contributed by atoms with Crippen molar-refractivity contribution in [3.8, 4) is 5.75 Å². The molecule has 2 fully saturated rings. The summed E-state index contributed by atoms with van der Waals surface area (Å²) in [6.07, 6.45) is 7.69. The zero-order chi connectivity index (χ0) is 20.1. The highest BCUT2D eigenvalue weighted by Crippen LogP contribution is 2.40. The summed E-state index contributed by atoms with van der Waals surface area (Å²) in [6.45, 7) is 3.06. The van der Waals surface area contributed by atoms with Crippen molar-refractivity contribution in [2.75, 3.05) is 32.8 Å². The highest BCUT2D eigenvalue weighted by Gasteiger charge is 2.41. The van der Waals surface area contributed by atoms with Gasteiger partial charge in [0.05, 0.1) is 6.33 Å². The third kappa shape index (κ3) is 4.78. The fraction of sp³-hybridized carbons (Fsp3) is 0.500. The van der Waals surface area contributed by atoms with Crippen LogP contribution in [0.3, 0.4) is 0 Å². The number of imidazole rings is 1. The molecule has 2 amide bonds. The van der Waals surface area contributed by atoms with Crippen LogP contribution in [0.5, 0.6) is 5.75 Å². The summed E-state index contributed by atoms with van der Waals surface area (Å²) in [5, 5.41) is 0. The van der Waals surface area contributed by atoms with Gasteiger partial charge in [0.1, 0.15) is 5.75 Å². The molecule has 0 saturated carbocycles. The van der Waals surface area contributed by atoms with Crippen LogP contribution in [0.15, 0.2) is 42.9 Å². The van der Waals surface area contributed by atoms with Gasteiger partial charge in [-0.25, -0.2) is 4.98 Å². The van der Waals surface area contributed by atoms with Gasteiger partial charge in [-0.2, -0.15) is 0 Å². The second-order valence-electron chi connectivity index (χ2n) is 8.12. The van der Waals surface area contributed by atoms with Crippen molar-refractivity contribution < 1.29 is 14.3 Å². The van der Waals surface area contributed by atoms with Gasteiger partial charge in [-0.05, 0) is 36.8 Å². The first-order valence-electron chi connectivity index (χ1n) is 10.3. The minimum Gasteiger partial charge on any atom is -0.484 e. The molecule has 2 aromatic rings. The van der Waals surface area contributed by atoms with E-state index in [2.05, 4.69) is 9.97 Å². The van der Waals surface area contributed by atoms with E-state index < -0.39 is 0 Å². The van der Waals surface area contributed by atoms with E-state index in [1.54, 1.807) is 6.33 Å². The number of hydrogen-bond acceptors (Lipinski definition) is 4. The number of ether oxygens (including phenoxy) is 1. The van der Waals surface area contributed by atoms with Crippen molar-refractivity contribution in [2.45, 2.75) is 32.1 Å².